The molecule has 0 fully saturated rings. The molecule has 0 unspecified atom stereocenters. The predicted octanol–water partition coefficient (Wildman–Crippen LogP) is -2.23. The van der Waals surface area contributed by atoms with Gasteiger partial charge in [0.15, 0.2) is 0 Å². The van der Waals surface area contributed by atoms with Gasteiger partial charge in [-0.2, -0.15) is 26.3 Å². The normalized spacial score (nSPS) is 9.88. The summed E-state index contributed by atoms with van der Waals surface area (Å²) in [4.78, 5) is 17.6. The van der Waals surface area contributed by atoms with Gasteiger partial charge in [-0.3, -0.25) is 0 Å². The zero-order chi connectivity index (χ0) is 12.2. The summed E-state index contributed by atoms with van der Waals surface area (Å²) in [6.07, 6.45) is -10.4. The number of carbonyl (C=O) groups excluding carboxylic acids is 2. The minimum atomic E-state index is -5.19. The van der Waals surface area contributed by atoms with Crippen LogP contribution in [0, 0.1) is 0 Å². The molecule has 12 heteroatoms. The van der Waals surface area contributed by atoms with Gasteiger partial charge in [0.05, 0.1) is 0 Å². The zero-order valence-corrected chi connectivity index (χ0v) is 7.96. The van der Waals surface area contributed by atoms with Crippen molar-refractivity contribution in [2.75, 3.05) is 0 Å². The van der Waals surface area contributed by atoms with Crippen LogP contribution in [0.25, 0.3) is 0 Å². The standard InChI is InChI=1S/2C2HF3O2.Mn.H2O/c2*3-2(4,5)1(6)7;;/h2*(H,6,7);;1H2/q;;+2;/p-2. The fraction of sp³-hybridized carbons (Fsp3) is 0.500. The van der Waals surface area contributed by atoms with Crippen molar-refractivity contribution in [2.24, 2.45) is 0 Å². The first-order valence-electron chi connectivity index (χ1n) is 2.45. The van der Waals surface area contributed by atoms with Crippen LogP contribution in [-0.2, 0) is 26.7 Å². The van der Waals surface area contributed by atoms with E-state index in [9.17, 15) is 26.3 Å². The van der Waals surface area contributed by atoms with E-state index < -0.39 is 24.3 Å². The monoisotopic (exact) mass is 299 g/mol. The second-order valence-electron chi connectivity index (χ2n) is 1.57. The molecule has 2 N–H and O–H groups in total. The summed E-state index contributed by atoms with van der Waals surface area (Å²) in [5, 5.41) is 17.6. The van der Waals surface area contributed by atoms with E-state index in [1.54, 1.807) is 0 Å². The largest absolute Gasteiger partial charge is 2.00 e. The van der Waals surface area contributed by atoms with Crippen molar-refractivity contribution in [3.05, 3.63) is 0 Å². The Kier molecular flexibility index (Phi) is 12.4. The number of carboxylic acids is 2. The van der Waals surface area contributed by atoms with Crippen LogP contribution < -0.4 is 10.2 Å². The SMILES string of the molecule is O.O=C([O-])C(F)(F)F.O=C([O-])C(F)(F)F.[Mn+2]. The van der Waals surface area contributed by atoms with Crippen LogP contribution in [0.5, 0.6) is 0 Å². The number of hydrogen-bond acceptors (Lipinski definition) is 4. The van der Waals surface area contributed by atoms with Crippen molar-refractivity contribution < 1.29 is 68.7 Å². The molecule has 0 aliphatic rings. The number of carboxylic acid groups (broad SMARTS) is 2. The van der Waals surface area contributed by atoms with Gasteiger partial charge in [0.25, 0.3) is 0 Å². The number of alkyl halides is 6. The second kappa shape index (κ2) is 8.19. The first-order valence-corrected chi connectivity index (χ1v) is 2.45. The van der Waals surface area contributed by atoms with E-state index in [2.05, 4.69) is 0 Å². The third-order valence-corrected chi connectivity index (χ3v) is 0.463. The van der Waals surface area contributed by atoms with Crippen molar-refractivity contribution in [3.8, 4) is 0 Å². The fourth-order valence-electron chi connectivity index (χ4n) is 0. The first kappa shape index (κ1) is 24.3. The average molecular weight is 299 g/mol. The fourth-order valence-corrected chi connectivity index (χ4v) is 0. The number of rotatable bonds is 0. The molecule has 0 rings (SSSR count). The Labute approximate surface area is 93.8 Å². The van der Waals surface area contributed by atoms with Crippen molar-refractivity contribution >= 4 is 11.9 Å². The van der Waals surface area contributed by atoms with Gasteiger partial charge >= 0.3 is 29.4 Å². The predicted molar refractivity (Wildman–Crippen MR) is 25.7 cm³/mol. The van der Waals surface area contributed by atoms with Crippen LogP contribution in [0.2, 0.25) is 0 Å². The Morgan fingerprint density at radius 3 is 0.812 bits per heavy atom. The molecular formula is C4H2F6MnO5. The second-order valence-corrected chi connectivity index (χ2v) is 1.57. The third kappa shape index (κ3) is 15.5. The Balaban J connectivity index is -0.0000000800. The molecule has 0 saturated carbocycles. The first-order chi connectivity index (χ1) is 5.89. The molecule has 0 amide bonds. The molecule has 1 radical (unpaired) electrons. The molecule has 0 saturated heterocycles. The van der Waals surface area contributed by atoms with Crippen molar-refractivity contribution in [1.82, 2.24) is 0 Å². The molecule has 0 aromatic rings. The maximum atomic E-state index is 10.5. The molecule has 97 valence electrons. The van der Waals surface area contributed by atoms with Gasteiger partial charge in [0.1, 0.15) is 11.9 Å². The molecule has 0 aliphatic carbocycles. The summed E-state index contributed by atoms with van der Waals surface area (Å²) in [7, 11) is 0. The van der Waals surface area contributed by atoms with Crippen molar-refractivity contribution in [3.63, 3.8) is 0 Å². The van der Waals surface area contributed by atoms with Crippen LogP contribution >= 0.6 is 0 Å². The Hall–Kier alpha value is -1.00. The molecule has 0 atom stereocenters. The van der Waals surface area contributed by atoms with Gasteiger partial charge in [-0.25, -0.2) is 0 Å². The van der Waals surface area contributed by atoms with Gasteiger partial charge in [0.2, 0.25) is 0 Å². The van der Waals surface area contributed by atoms with Gasteiger partial charge in [-0.15, -0.1) is 0 Å². The number of halogens is 6. The molecular weight excluding hydrogens is 297 g/mol. The van der Waals surface area contributed by atoms with Crippen LogP contribution in [-0.4, -0.2) is 29.8 Å². The van der Waals surface area contributed by atoms with Crippen LogP contribution in [0.15, 0.2) is 0 Å². The minimum Gasteiger partial charge on any atom is -0.542 e. The summed E-state index contributed by atoms with van der Waals surface area (Å²) < 4.78 is 63.1. The summed E-state index contributed by atoms with van der Waals surface area (Å²) in [5.74, 6) is -6.01. The van der Waals surface area contributed by atoms with Gasteiger partial charge in [-0.1, -0.05) is 0 Å². The van der Waals surface area contributed by atoms with Crippen molar-refractivity contribution in [2.45, 2.75) is 12.4 Å². The average Bonchev–Trinajstić information content (AvgIpc) is 1.83. The molecule has 0 aromatic carbocycles. The summed E-state index contributed by atoms with van der Waals surface area (Å²) in [6.45, 7) is 0. The van der Waals surface area contributed by atoms with Crippen LogP contribution in [0.1, 0.15) is 0 Å². The Morgan fingerprint density at radius 1 is 0.750 bits per heavy atom. The number of hydrogen-bond donors (Lipinski definition) is 0. The minimum absolute atomic E-state index is 0. The molecule has 0 bridgehead atoms. The molecule has 0 aliphatic heterocycles. The van der Waals surface area contributed by atoms with Crippen molar-refractivity contribution in [1.29, 1.82) is 0 Å². The summed E-state index contributed by atoms with van der Waals surface area (Å²) in [5.41, 5.74) is 0. The van der Waals surface area contributed by atoms with E-state index >= 15 is 0 Å². The van der Waals surface area contributed by atoms with E-state index in [4.69, 9.17) is 19.8 Å². The molecule has 16 heavy (non-hydrogen) atoms. The van der Waals surface area contributed by atoms with Gasteiger partial charge in [-0.05, 0) is 0 Å². The zero-order valence-electron chi connectivity index (χ0n) is 6.78. The van der Waals surface area contributed by atoms with Crippen LogP contribution in [0.4, 0.5) is 26.3 Å². The summed E-state index contributed by atoms with van der Waals surface area (Å²) in [6, 6.07) is 0. The third-order valence-electron chi connectivity index (χ3n) is 0.463. The quantitative estimate of drug-likeness (QED) is 0.372. The molecule has 0 heterocycles. The topological polar surface area (TPSA) is 112 Å². The molecule has 0 spiro atoms. The van der Waals surface area contributed by atoms with E-state index in [0.717, 1.165) is 0 Å². The molecule has 0 aromatic heterocycles. The maximum Gasteiger partial charge on any atom is 2.00 e. The van der Waals surface area contributed by atoms with Gasteiger partial charge in [0, 0.05) is 0 Å². The van der Waals surface area contributed by atoms with Gasteiger partial charge < -0.3 is 25.3 Å². The summed E-state index contributed by atoms with van der Waals surface area (Å²) >= 11 is 0. The van der Waals surface area contributed by atoms with E-state index in [1.165, 1.54) is 0 Å². The van der Waals surface area contributed by atoms with E-state index in [-0.39, 0.29) is 22.5 Å². The smallest absolute Gasteiger partial charge is 0.542 e. The van der Waals surface area contributed by atoms with Crippen LogP contribution in [0.3, 0.4) is 0 Å². The number of aliphatic carboxylic acids is 2. The molecule has 5 nitrogen and oxygen atoms in total. The van der Waals surface area contributed by atoms with E-state index in [1.807, 2.05) is 0 Å². The Morgan fingerprint density at radius 2 is 0.812 bits per heavy atom. The van der Waals surface area contributed by atoms with E-state index in [0.29, 0.717) is 0 Å². The maximum absolute atomic E-state index is 10.5. The number of carbonyl (C=O) groups is 2. The Bertz CT molecular complexity index is 198.